The van der Waals surface area contributed by atoms with Crippen molar-refractivity contribution in [2.24, 2.45) is 0 Å². The highest BCUT2D eigenvalue weighted by atomic mass is 32.2. The number of aromatic nitrogens is 1. The maximum atomic E-state index is 13.8. The summed E-state index contributed by atoms with van der Waals surface area (Å²) in [5.74, 6) is -2.03. The van der Waals surface area contributed by atoms with Gasteiger partial charge in [-0.25, -0.2) is 17.2 Å². The summed E-state index contributed by atoms with van der Waals surface area (Å²) in [6.45, 7) is -0.167. The zero-order chi connectivity index (χ0) is 16.9. The quantitative estimate of drug-likeness (QED) is 0.811. The van der Waals surface area contributed by atoms with Crippen LogP contribution in [-0.4, -0.2) is 24.3 Å². The third-order valence-electron chi connectivity index (χ3n) is 3.07. The smallest absolute Gasteiger partial charge is 0.246 e. The molecule has 0 aliphatic heterocycles. The van der Waals surface area contributed by atoms with Gasteiger partial charge in [0.15, 0.2) is 0 Å². The largest absolute Gasteiger partial charge is 0.264 e. The van der Waals surface area contributed by atoms with Gasteiger partial charge < -0.3 is 0 Å². The number of sulfonamides is 1. The summed E-state index contributed by atoms with van der Waals surface area (Å²) in [6, 6.07) is 7.44. The SMILES string of the molecule is N#CCCN(Cc1cccnc1)S(=O)(=O)c1ccc(F)cc1F. The van der Waals surface area contributed by atoms with Crippen LogP contribution in [-0.2, 0) is 16.6 Å². The summed E-state index contributed by atoms with van der Waals surface area (Å²) in [5.41, 5.74) is 0.594. The van der Waals surface area contributed by atoms with E-state index in [-0.39, 0.29) is 19.5 Å². The van der Waals surface area contributed by atoms with E-state index >= 15 is 0 Å². The van der Waals surface area contributed by atoms with Gasteiger partial charge >= 0.3 is 0 Å². The van der Waals surface area contributed by atoms with Crippen LogP contribution in [0.4, 0.5) is 8.78 Å². The van der Waals surface area contributed by atoms with Crippen LogP contribution in [0.25, 0.3) is 0 Å². The third kappa shape index (κ3) is 4.09. The number of halogens is 2. The summed E-state index contributed by atoms with van der Waals surface area (Å²) < 4.78 is 53.0. The molecular formula is C15H13F2N3O2S. The average molecular weight is 337 g/mol. The molecule has 0 spiro atoms. The number of benzene rings is 1. The predicted octanol–water partition coefficient (Wildman–Crippen LogP) is 2.46. The molecule has 23 heavy (non-hydrogen) atoms. The van der Waals surface area contributed by atoms with Gasteiger partial charge in [0.05, 0.1) is 6.07 Å². The average Bonchev–Trinajstić information content (AvgIpc) is 2.52. The van der Waals surface area contributed by atoms with Crippen molar-refractivity contribution in [2.45, 2.75) is 17.9 Å². The summed E-state index contributed by atoms with van der Waals surface area (Å²) in [7, 11) is -4.21. The monoisotopic (exact) mass is 337 g/mol. The number of hydrogen-bond acceptors (Lipinski definition) is 4. The van der Waals surface area contributed by atoms with E-state index in [2.05, 4.69) is 4.98 Å². The van der Waals surface area contributed by atoms with E-state index < -0.39 is 26.6 Å². The summed E-state index contributed by atoms with van der Waals surface area (Å²) in [4.78, 5) is 3.27. The first-order chi connectivity index (χ1) is 10.9. The molecule has 0 saturated heterocycles. The molecule has 0 fully saturated rings. The van der Waals surface area contributed by atoms with Crippen molar-refractivity contribution in [1.29, 1.82) is 5.26 Å². The lowest BCUT2D eigenvalue weighted by atomic mass is 10.3. The van der Waals surface area contributed by atoms with E-state index in [0.717, 1.165) is 16.4 Å². The second-order valence-electron chi connectivity index (χ2n) is 4.68. The molecule has 1 heterocycles. The molecule has 5 nitrogen and oxygen atoms in total. The topological polar surface area (TPSA) is 74.1 Å². The fourth-order valence-corrected chi connectivity index (χ4v) is 3.45. The van der Waals surface area contributed by atoms with Gasteiger partial charge in [-0.05, 0) is 23.8 Å². The Hall–Kier alpha value is -2.37. The van der Waals surface area contributed by atoms with E-state index in [9.17, 15) is 17.2 Å². The van der Waals surface area contributed by atoms with Gasteiger partial charge in [0.1, 0.15) is 16.5 Å². The molecule has 8 heteroatoms. The van der Waals surface area contributed by atoms with Crippen LogP contribution < -0.4 is 0 Å². The van der Waals surface area contributed by atoms with Crippen molar-refractivity contribution < 1.29 is 17.2 Å². The first-order valence-electron chi connectivity index (χ1n) is 6.66. The molecule has 2 aromatic rings. The van der Waals surface area contributed by atoms with Crippen molar-refractivity contribution >= 4 is 10.0 Å². The minimum Gasteiger partial charge on any atom is -0.264 e. The fourth-order valence-electron chi connectivity index (χ4n) is 1.98. The number of nitriles is 1. The van der Waals surface area contributed by atoms with E-state index in [1.807, 2.05) is 6.07 Å². The molecule has 0 amide bonds. The summed E-state index contributed by atoms with van der Waals surface area (Å²) in [6.07, 6.45) is 2.97. The lowest BCUT2D eigenvalue weighted by Crippen LogP contribution is -2.32. The Morgan fingerprint density at radius 1 is 1.26 bits per heavy atom. The van der Waals surface area contributed by atoms with Crippen molar-refractivity contribution in [3.8, 4) is 6.07 Å². The molecule has 0 radical (unpaired) electrons. The molecule has 1 aromatic carbocycles. The predicted molar refractivity (Wildman–Crippen MR) is 78.4 cm³/mol. The van der Waals surface area contributed by atoms with Crippen LogP contribution in [0.1, 0.15) is 12.0 Å². The molecule has 120 valence electrons. The highest BCUT2D eigenvalue weighted by molar-refractivity contribution is 7.89. The zero-order valence-corrected chi connectivity index (χ0v) is 12.8. The van der Waals surface area contributed by atoms with Crippen molar-refractivity contribution in [1.82, 2.24) is 9.29 Å². The highest BCUT2D eigenvalue weighted by Gasteiger charge is 2.27. The summed E-state index contributed by atoms with van der Waals surface area (Å²) in [5, 5.41) is 8.70. The van der Waals surface area contributed by atoms with Crippen LogP contribution in [0.2, 0.25) is 0 Å². The van der Waals surface area contributed by atoms with Gasteiger partial charge in [-0.15, -0.1) is 0 Å². The van der Waals surface area contributed by atoms with Crippen molar-refractivity contribution in [3.63, 3.8) is 0 Å². The zero-order valence-electron chi connectivity index (χ0n) is 12.0. The first-order valence-corrected chi connectivity index (χ1v) is 8.10. The van der Waals surface area contributed by atoms with Gasteiger partial charge in [-0.2, -0.15) is 9.57 Å². The van der Waals surface area contributed by atoms with Gasteiger partial charge in [-0.1, -0.05) is 6.07 Å². The van der Waals surface area contributed by atoms with E-state index in [4.69, 9.17) is 5.26 Å². The molecule has 0 bridgehead atoms. The molecule has 0 aliphatic rings. The Morgan fingerprint density at radius 3 is 2.65 bits per heavy atom. The van der Waals surface area contributed by atoms with Gasteiger partial charge in [-0.3, -0.25) is 4.98 Å². The molecule has 0 unspecified atom stereocenters. The minimum atomic E-state index is -4.21. The van der Waals surface area contributed by atoms with Crippen LogP contribution in [0.5, 0.6) is 0 Å². The lowest BCUT2D eigenvalue weighted by molar-refractivity contribution is 0.408. The standard InChI is InChI=1S/C15H13F2N3O2S/c16-13-4-5-15(14(17)9-13)23(21,22)20(8-2-6-18)11-12-3-1-7-19-10-12/h1,3-5,7,9-10H,2,8,11H2. The molecule has 0 saturated carbocycles. The fraction of sp³-hybridized carbons (Fsp3) is 0.200. The Balaban J connectivity index is 2.38. The molecule has 0 N–H and O–H groups in total. The summed E-state index contributed by atoms with van der Waals surface area (Å²) >= 11 is 0. The van der Waals surface area contributed by atoms with Gasteiger partial charge in [0.25, 0.3) is 0 Å². The van der Waals surface area contributed by atoms with Gasteiger partial charge in [0.2, 0.25) is 10.0 Å². The molecule has 0 atom stereocenters. The molecule has 1 aromatic heterocycles. The van der Waals surface area contributed by atoms with E-state index in [1.54, 1.807) is 12.1 Å². The Morgan fingerprint density at radius 2 is 2.04 bits per heavy atom. The van der Waals surface area contributed by atoms with Crippen LogP contribution in [0, 0.1) is 23.0 Å². The highest BCUT2D eigenvalue weighted by Crippen LogP contribution is 2.22. The Labute approximate surface area is 132 Å². The second-order valence-corrected chi connectivity index (χ2v) is 6.59. The van der Waals surface area contributed by atoms with Crippen LogP contribution in [0.3, 0.4) is 0 Å². The van der Waals surface area contributed by atoms with Crippen molar-refractivity contribution in [3.05, 3.63) is 59.9 Å². The minimum absolute atomic E-state index is 0.0533. The van der Waals surface area contributed by atoms with E-state index in [1.165, 1.54) is 12.4 Å². The number of rotatable bonds is 6. The number of hydrogen-bond donors (Lipinski definition) is 0. The lowest BCUT2D eigenvalue weighted by Gasteiger charge is -2.21. The van der Waals surface area contributed by atoms with E-state index in [0.29, 0.717) is 11.6 Å². The maximum Gasteiger partial charge on any atom is 0.246 e. The van der Waals surface area contributed by atoms with Crippen molar-refractivity contribution in [2.75, 3.05) is 6.54 Å². The number of nitrogens with zero attached hydrogens (tertiary/aromatic N) is 3. The molecular weight excluding hydrogens is 324 g/mol. The second kappa shape index (κ2) is 7.26. The van der Waals surface area contributed by atoms with Crippen LogP contribution >= 0.6 is 0 Å². The number of pyridine rings is 1. The van der Waals surface area contributed by atoms with Gasteiger partial charge in [0, 0.05) is 38.0 Å². The normalized spacial score (nSPS) is 11.4. The Bertz CT molecular complexity index is 820. The Kier molecular flexibility index (Phi) is 5.36. The molecule has 0 aliphatic carbocycles. The first kappa shape index (κ1) is 17.0. The van der Waals surface area contributed by atoms with Crippen LogP contribution in [0.15, 0.2) is 47.6 Å². The maximum absolute atomic E-state index is 13.8. The molecule has 2 rings (SSSR count). The third-order valence-corrected chi connectivity index (χ3v) is 4.94.